The summed E-state index contributed by atoms with van der Waals surface area (Å²) in [7, 11) is 3.35. The zero-order valence-corrected chi connectivity index (χ0v) is 19.8. The maximum atomic E-state index is 14.3. The van der Waals surface area contributed by atoms with E-state index in [1.165, 1.54) is 7.05 Å². The highest BCUT2D eigenvalue weighted by molar-refractivity contribution is 5.97. The lowest BCUT2D eigenvalue weighted by molar-refractivity contribution is -0.140. The summed E-state index contributed by atoms with van der Waals surface area (Å²) in [6.45, 7) is 6.97. The molecule has 1 atom stereocenters. The second-order valence-electron chi connectivity index (χ2n) is 9.55. The number of nitrogens with one attached hydrogen (secondary N) is 2. The third-order valence-corrected chi connectivity index (χ3v) is 5.81. The molecule has 1 aromatic heterocycles. The molecule has 2 N–H and O–H groups in total. The van der Waals surface area contributed by atoms with Gasteiger partial charge in [0.2, 0.25) is 5.91 Å². The normalized spacial score (nSPS) is 15.9. The first-order chi connectivity index (χ1) is 15.7. The average Bonchev–Trinajstić information content (AvgIpc) is 2.96. The molecule has 1 aliphatic heterocycles. The van der Waals surface area contributed by atoms with Crippen molar-refractivity contribution in [2.45, 2.75) is 52.5 Å². The van der Waals surface area contributed by atoms with Gasteiger partial charge in [-0.1, -0.05) is 26.8 Å². The highest BCUT2D eigenvalue weighted by Gasteiger charge is 2.36. The van der Waals surface area contributed by atoms with Gasteiger partial charge in [-0.25, -0.2) is 9.37 Å². The van der Waals surface area contributed by atoms with Crippen molar-refractivity contribution < 1.29 is 27.2 Å². The van der Waals surface area contributed by atoms with Crippen LogP contribution in [-0.4, -0.2) is 52.9 Å². The third-order valence-electron chi connectivity index (χ3n) is 5.81. The van der Waals surface area contributed by atoms with Crippen molar-refractivity contribution in [1.29, 1.82) is 0 Å². The minimum Gasteiger partial charge on any atom is -0.357 e. The molecule has 34 heavy (non-hydrogen) atoms. The summed E-state index contributed by atoms with van der Waals surface area (Å²) < 4.78 is 55.1. The van der Waals surface area contributed by atoms with Gasteiger partial charge >= 0.3 is 6.18 Å². The Kier molecular flexibility index (Phi) is 7.07. The number of aromatic nitrogens is 2. The largest absolute Gasteiger partial charge is 0.419 e. The Morgan fingerprint density at radius 1 is 1.15 bits per heavy atom. The molecular formula is C23H29F4N5O2. The summed E-state index contributed by atoms with van der Waals surface area (Å²) >= 11 is 0. The molecule has 0 bridgehead atoms. The predicted octanol–water partition coefficient (Wildman–Crippen LogP) is 3.43. The minimum atomic E-state index is -4.82. The zero-order chi connectivity index (χ0) is 25.4. The number of benzene rings is 1. The number of fused-ring (bicyclic) bond motifs is 1. The molecule has 0 fully saturated rings. The molecule has 2 amide bonds. The lowest BCUT2D eigenvalue weighted by Crippen LogP contribution is -2.53. The number of alkyl halides is 3. The molecule has 1 aliphatic rings. The number of rotatable bonds is 4. The van der Waals surface area contributed by atoms with Crippen molar-refractivity contribution in [3.8, 4) is 11.4 Å². The molecule has 2 heterocycles. The topological polar surface area (TPSA) is 79.3 Å². The maximum Gasteiger partial charge on any atom is 0.419 e. The van der Waals surface area contributed by atoms with Gasteiger partial charge in [-0.05, 0) is 37.6 Å². The van der Waals surface area contributed by atoms with Gasteiger partial charge in [0, 0.05) is 25.7 Å². The van der Waals surface area contributed by atoms with Crippen molar-refractivity contribution in [1.82, 2.24) is 25.1 Å². The molecule has 0 saturated carbocycles. The molecule has 2 aromatic rings. The lowest BCUT2D eigenvalue weighted by atomic mass is 9.86. The number of halogens is 4. The Labute approximate surface area is 195 Å². The highest BCUT2D eigenvalue weighted by atomic mass is 19.4. The fourth-order valence-electron chi connectivity index (χ4n) is 4.03. The first-order valence-electron chi connectivity index (χ1n) is 10.9. The van der Waals surface area contributed by atoms with Crippen LogP contribution in [-0.2, 0) is 24.1 Å². The van der Waals surface area contributed by atoms with Gasteiger partial charge in [-0.15, -0.1) is 0 Å². The van der Waals surface area contributed by atoms with Crippen LogP contribution in [0.4, 0.5) is 17.6 Å². The second kappa shape index (κ2) is 9.36. The van der Waals surface area contributed by atoms with Crippen LogP contribution in [0.15, 0.2) is 18.2 Å². The number of amides is 2. The van der Waals surface area contributed by atoms with E-state index in [2.05, 4.69) is 15.6 Å². The average molecular weight is 484 g/mol. The van der Waals surface area contributed by atoms with E-state index in [4.69, 9.17) is 0 Å². The molecule has 0 aliphatic carbocycles. The Morgan fingerprint density at radius 2 is 1.82 bits per heavy atom. The summed E-state index contributed by atoms with van der Waals surface area (Å²) in [5.41, 5.74) is -1.22. The van der Waals surface area contributed by atoms with E-state index in [1.54, 1.807) is 4.57 Å². The predicted molar refractivity (Wildman–Crippen MR) is 118 cm³/mol. The first kappa shape index (κ1) is 25.7. The molecule has 0 spiro atoms. The van der Waals surface area contributed by atoms with Crippen LogP contribution in [0, 0.1) is 11.2 Å². The monoisotopic (exact) mass is 483 g/mol. The van der Waals surface area contributed by atoms with Crippen LogP contribution in [0.2, 0.25) is 0 Å². The molecule has 11 heteroatoms. The standard InChI is InChI=1S/C23H29F4N5O2/c1-22(2,3)18(21(34)28-4)30-20(33)17-16-12-31(5)9-6-10-32(16)19(29-17)13-7-8-14(15(24)11-13)23(25,26)27/h7-8,11,18H,6,9-10,12H2,1-5H3,(H,28,34)(H,30,33). The van der Waals surface area contributed by atoms with Gasteiger partial charge in [0.15, 0.2) is 5.69 Å². The molecule has 186 valence electrons. The second-order valence-corrected chi connectivity index (χ2v) is 9.55. The Bertz CT molecular complexity index is 1090. The van der Waals surface area contributed by atoms with E-state index in [9.17, 15) is 27.2 Å². The Balaban J connectivity index is 2.09. The van der Waals surface area contributed by atoms with Gasteiger partial charge in [0.1, 0.15) is 17.7 Å². The molecule has 1 aromatic carbocycles. The van der Waals surface area contributed by atoms with Crippen LogP contribution in [0.5, 0.6) is 0 Å². The SMILES string of the molecule is CNC(=O)C(NC(=O)c1nc(-c2ccc(C(F)(F)F)c(F)c2)n2c1CN(C)CCC2)C(C)(C)C. The van der Waals surface area contributed by atoms with Crippen LogP contribution in [0.1, 0.15) is 48.9 Å². The summed E-state index contributed by atoms with van der Waals surface area (Å²) in [4.78, 5) is 32.1. The van der Waals surface area contributed by atoms with Crippen molar-refractivity contribution >= 4 is 11.8 Å². The smallest absolute Gasteiger partial charge is 0.357 e. The van der Waals surface area contributed by atoms with Gasteiger partial charge in [-0.2, -0.15) is 13.2 Å². The van der Waals surface area contributed by atoms with E-state index in [1.807, 2.05) is 32.7 Å². The fraction of sp³-hybridized carbons (Fsp3) is 0.522. The molecular weight excluding hydrogens is 454 g/mol. The number of hydrogen-bond acceptors (Lipinski definition) is 4. The highest BCUT2D eigenvalue weighted by Crippen LogP contribution is 2.34. The number of carbonyl (C=O) groups excluding carboxylic acids is 2. The molecule has 7 nitrogen and oxygen atoms in total. The van der Waals surface area contributed by atoms with Crippen LogP contribution < -0.4 is 10.6 Å². The van der Waals surface area contributed by atoms with Gasteiger partial charge in [0.25, 0.3) is 5.91 Å². The zero-order valence-electron chi connectivity index (χ0n) is 19.8. The van der Waals surface area contributed by atoms with Crippen LogP contribution in [0.3, 0.4) is 0 Å². The van der Waals surface area contributed by atoms with Crippen molar-refractivity contribution in [3.05, 3.63) is 41.0 Å². The van der Waals surface area contributed by atoms with E-state index in [-0.39, 0.29) is 23.0 Å². The molecule has 0 radical (unpaired) electrons. The van der Waals surface area contributed by atoms with Crippen molar-refractivity contribution in [2.24, 2.45) is 5.41 Å². The van der Waals surface area contributed by atoms with E-state index >= 15 is 0 Å². The fourth-order valence-corrected chi connectivity index (χ4v) is 4.03. The summed E-state index contributed by atoms with van der Waals surface area (Å²) in [5, 5.41) is 5.29. The van der Waals surface area contributed by atoms with E-state index < -0.39 is 34.9 Å². The first-order valence-corrected chi connectivity index (χ1v) is 10.9. The summed E-state index contributed by atoms with van der Waals surface area (Å²) in [6, 6.07) is 1.77. The van der Waals surface area contributed by atoms with Crippen LogP contribution >= 0.6 is 0 Å². The third kappa shape index (κ3) is 5.24. The van der Waals surface area contributed by atoms with Gasteiger partial charge < -0.3 is 20.1 Å². The lowest BCUT2D eigenvalue weighted by Gasteiger charge is -2.29. The molecule has 0 saturated heterocycles. The number of nitrogens with zero attached hydrogens (tertiary/aromatic N) is 3. The Hall–Kier alpha value is -2.95. The minimum absolute atomic E-state index is 0.0576. The summed E-state index contributed by atoms with van der Waals surface area (Å²) in [5.74, 6) is -2.16. The number of likely N-dealkylation sites (N-methyl/N-ethyl adjacent to an activating group) is 1. The molecule has 3 rings (SSSR count). The quantitative estimate of drug-likeness (QED) is 0.654. The van der Waals surface area contributed by atoms with Gasteiger partial charge in [0.05, 0.1) is 11.3 Å². The molecule has 1 unspecified atom stereocenters. The number of imidazole rings is 1. The van der Waals surface area contributed by atoms with Crippen LogP contribution in [0.25, 0.3) is 11.4 Å². The van der Waals surface area contributed by atoms with E-state index in [0.29, 0.717) is 31.3 Å². The number of carbonyl (C=O) groups is 2. The van der Waals surface area contributed by atoms with Gasteiger partial charge in [-0.3, -0.25) is 9.59 Å². The summed E-state index contributed by atoms with van der Waals surface area (Å²) in [6.07, 6.45) is -4.11. The number of hydrogen-bond donors (Lipinski definition) is 2. The van der Waals surface area contributed by atoms with E-state index in [0.717, 1.165) is 18.7 Å². The van der Waals surface area contributed by atoms with Crippen molar-refractivity contribution in [3.63, 3.8) is 0 Å². The maximum absolute atomic E-state index is 14.3. The van der Waals surface area contributed by atoms with Crippen molar-refractivity contribution in [2.75, 3.05) is 20.6 Å². The Morgan fingerprint density at radius 3 is 2.38 bits per heavy atom.